The molecule has 14 heteroatoms. The first kappa shape index (κ1) is 25.8. The summed E-state index contributed by atoms with van der Waals surface area (Å²) in [6, 6.07) is 11.9. The number of aromatic hydroxyl groups is 1. The van der Waals surface area contributed by atoms with Crippen molar-refractivity contribution in [1.29, 1.82) is 0 Å². The zero-order chi connectivity index (χ0) is 26.7. The molecule has 37 heavy (non-hydrogen) atoms. The van der Waals surface area contributed by atoms with Crippen molar-refractivity contribution in [1.82, 2.24) is 25.3 Å². The Morgan fingerprint density at radius 2 is 1.95 bits per heavy atom. The van der Waals surface area contributed by atoms with Crippen LogP contribution in [0.5, 0.6) is 5.75 Å². The van der Waals surface area contributed by atoms with Gasteiger partial charge in [-0.2, -0.15) is 28.4 Å². The first-order valence-corrected chi connectivity index (χ1v) is 11.7. The largest absolute Gasteiger partial charge is 0.508 e. The van der Waals surface area contributed by atoms with E-state index in [-0.39, 0.29) is 28.8 Å². The number of aliphatic imine (C=N–C) groups is 1. The summed E-state index contributed by atoms with van der Waals surface area (Å²) < 4.78 is 55.4. The van der Waals surface area contributed by atoms with Crippen LogP contribution in [0.15, 0.2) is 64.6 Å². The minimum Gasteiger partial charge on any atom is -0.508 e. The number of carbonyl (C=O) groups is 1. The van der Waals surface area contributed by atoms with Crippen LogP contribution >= 0.6 is 11.8 Å². The van der Waals surface area contributed by atoms with E-state index in [1.165, 1.54) is 37.0 Å². The van der Waals surface area contributed by atoms with E-state index < -0.39 is 29.2 Å². The predicted molar refractivity (Wildman–Crippen MR) is 130 cm³/mol. The van der Waals surface area contributed by atoms with Crippen molar-refractivity contribution in [2.45, 2.75) is 11.1 Å². The van der Waals surface area contributed by atoms with Gasteiger partial charge in [0.15, 0.2) is 11.5 Å². The van der Waals surface area contributed by atoms with E-state index in [2.05, 4.69) is 30.9 Å². The van der Waals surface area contributed by atoms with Crippen molar-refractivity contribution < 1.29 is 27.5 Å². The quantitative estimate of drug-likeness (QED) is 0.125. The monoisotopic (exact) mass is 533 g/mol. The van der Waals surface area contributed by atoms with Crippen LogP contribution in [0.2, 0.25) is 0 Å². The first-order valence-electron chi connectivity index (χ1n) is 10.5. The fourth-order valence-electron chi connectivity index (χ4n) is 3.34. The van der Waals surface area contributed by atoms with Crippen molar-refractivity contribution in [2.24, 2.45) is 12.0 Å². The summed E-state index contributed by atoms with van der Waals surface area (Å²) in [5.41, 5.74) is -1.20. The van der Waals surface area contributed by atoms with Gasteiger partial charge < -0.3 is 10.4 Å². The molecule has 0 aliphatic rings. The Hall–Kier alpha value is -4.33. The molecule has 4 N–H and O–H groups in total. The number of carbonyl (C=O) groups excluding carboxylic acids is 1. The topological polar surface area (TPSA) is 120 Å². The van der Waals surface area contributed by atoms with Crippen LogP contribution in [-0.2, 0) is 13.2 Å². The second-order valence-electron chi connectivity index (χ2n) is 7.61. The summed E-state index contributed by atoms with van der Waals surface area (Å²) in [5, 5.41) is 24.6. The van der Waals surface area contributed by atoms with Gasteiger partial charge in [0.05, 0.1) is 16.9 Å². The number of nitrogens with one attached hydrogen (secondary N) is 3. The van der Waals surface area contributed by atoms with Crippen molar-refractivity contribution in [3.05, 3.63) is 71.8 Å². The lowest BCUT2D eigenvalue weighted by Gasteiger charge is -2.14. The maximum absolute atomic E-state index is 14.3. The summed E-state index contributed by atoms with van der Waals surface area (Å²) >= 11 is 1.40. The number of guanidine groups is 1. The minimum absolute atomic E-state index is 0.00543. The highest BCUT2D eigenvalue weighted by Gasteiger charge is 2.39. The standard InChI is InChI=1S/C23H19F4N7O2S/c1-34-11-14(20(33-34)23(25,26)27)21(36)30-22(28-16-5-3-4-6-18(16)37-2)29-19-10-17(31-32-19)13-8-7-12(35)9-15(13)24/h3-11,35H,1-2H3,(H3,28,29,30,31,32,36). The number of nitrogens with zero attached hydrogens (tertiary/aromatic N) is 4. The number of thioether (sulfide) groups is 1. The van der Waals surface area contributed by atoms with Gasteiger partial charge in [-0.25, -0.2) is 4.39 Å². The normalized spacial score (nSPS) is 12.0. The molecule has 4 rings (SSSR count). The molecule has 0 bridgehead atoms. The van der Waals surface area contributed by atoms with E-state index in [0.717, 1.165) is 21.8 Å². The predicted octanol–water partition coefficient (Wildman–Crippen LogP) is 4.93. The number of aryl methyl sites for hydroxylation is 1. The number of phenols is 1. The molecule has 0 unspecified atom stereocenters. The van der Waals surface area contributed by atoms with E-state index in [9.17, 15) is 27.5 Å². The van der Waals surface area contributed by atoms with E-state index >= 15 is 0 Å². The van der Waals surface area contributed by atoms with Crippen LogP contribution in [0.1, 0.15) is 16.1 Å². The summed E-state index contributed by atoms with van der Waals surface area (Å²) in [6.45, 7) is 0. The summed E-state index contributed by atoms with van der Waals surface area (Å²) in [7, 11) is 1.27. The maximum atomic E-state index is 14.3. The Balaban J connectivity index is 1.70. The highest BCUT2D eigenvalue weighted by atomic mass is 32.2. The lowest BCUT2D eigenvalue weighted by Crippen LogP contribution is -2.36. The van der Waals surface area contributed by atoms with Crippen molar-refractivity contribution in [2.75, 3.05) is 11.6 Å². The Bertz CT molecular complexity index is 1480. The van der Waals surface area contributed by atoms with E-state index in [0.29, 0.717) is 5.69 Å². The number of rotatable bonds is 5. The van der Waals surface area contributed by atoms with Gasteiger partial charge in [-0.05, 0) is 30.5 Å². The third-order valence-corrected chi connectivity index (χ3v) is 5.76. The van der Waals surface area contributed by atoms with Crippen molar-refractivity contribution in [3.63, 3.8) is 0 Å². The van der Waals surface area contributed by atoms with Crippen LogP contribution in [-0.4, -0.2) is 43.2 Å². The Kier molecular flexibility index (Phi) is 7.20. The summed E-state index contributed by atoms with van der Waals surface area (Å²) in [5.74, 6) is -2.30. The lowest BCUT2D eigenvalue weighted by molar-refractivity contribution is -0.141. The van der Waals surface area contributed by atoms with Crippen molar-refractivity contribution in [3.8, 4) is 17.0 Å². The maximum Gasteiger partial charge on any atom is 0.435 e. The molecule has 0 spiro atoms. The molecule has 9 nitrogen and oxygen atoms in total. The number of aromatic nitrogens is 4. The second-order valence-corrected chi connectivity index (χ2v) is 8.45. The third-order valence-electron chi connectivity index (χ3n) is 4.97. The second kappa shape index (κ2) is 10.3. The molecule has 2 heterocycles. The van der Waals surface area contributed by atoms with Gasteiger partial charge in [0.2, 0.25) is 5.96 Å². The zero-order valence-electron chi connectivity index (χ0n) is 19.3. The van der Waals surface area contributed by atoms with Gasteiger partial charge >= 0.3 is 6.18 Å². The average molecular weight is 534 g/mol. The van der Waals surface area contributed by atoms with Gasteiger partial charge in [-0.3, -0.25) is 19.9 Å². The highest BCUT2D eigenvalue weighted by Crippen LogP contribution is 2.31. The number of benzene rings is 2. The molecule has 0 aliphatic carbocycles. The van der Waals surface area contributed by atoms with Crippen LogP contribution in [0.3, 0.4) is 0 Å². The zero-order valence-corrected chi connectivity index (χ0v) is 20.1. The summed E-state index contributed by atoms with van der Waals surface area (Å²) in [4.78, 5) is 17.9. The molecule has 1 amide bonds. The minimum atomic E-state index is -4.85. The van der Waals surface area contributed by atoms with Crippen LogP contribution < -0.4 is 10.6 Å². The molecule has 0 radical (unpaired) electrons. The molecule has 2 aromatic heterocycles. The number of amides is 1. The van der Waals surface area contributed by atoms with Gasteiger partial charge in [0.25, 0.3) is 5.91 Å². The van der Waals surface area contributed by atoms with E-state index in [1.807, 2.05) is 6.26 Å². The molecule has 0 atom stereocenters. The number of anilines is 1. The molecule has 4 aromatic rings. The van der Waals surface area contributed by atoms with Crippen LogP contribution in [0, 0.1) is 5.82 Å². The van der Waals surface area contributed by atoms with Crippen molar-refractivity contribution >= 4 is 35.1 Å². The molecule has 0 fully saturated rings. The number of hydrogen-bond donors (Lipinski definition) is 4. The van der Waals surface area contributed by atoms with Gasteiger partial charge in [0, 0.05) is 35.8 Å². The van der Waals surface area contributed by atoms with E-state index in [4.69, 9.17) is 0 Å². The fraction of sp³-hybridized carbons (Fsp3) is 0.130. The Morgan fingerprint density at radius 1 is 1.19 bits per heavy atom. The lowest BCUT2D eigenvalue weighted by atomic mass is 10.1. The summed E-state index contributed by atoms with van der Waals surface area (Å²) in [6.07, 6.45) is -2.07. The Morgan fingerprint density at radius 3 is 2.65 bits per heavy atom. The van der Waals surface area contributed by atoms with Gasteiger partial charge in [-0.1, -0.05) is 12.1 Å². The Labute approximate surface area is 211 Å². The molecular weight excluding hydrogens is 514 g/mol. The van der Waals surface area contributed by atoms with Gasteiger partial charge in [-0.15, -0.1) is 11.8 Å². The number of para-hydroxylation sites is 1. The number of hydrogen-bond acceptors (Lipinski definition) is 6. The molecular formula is C23H19F4N7O2S. The molecule has 0 saturated carbocycles. The smallest absolute Gasteiger partial charge is 0.435 e. The molecule has 0 saturated heterocycles. The molecule has 0 aliphatic heterocycles. The number of aromatic amines is 1. The number of halogens is 4. The first-order chi connectivity index (χ1) is 17.5. The van der Waals surface area contributed by atoms with Crippen LogP contribution in [0.4, 0.5) is 29.1 Å². The highest BCUT2D eigenvalue weighted by molar-refractivity contribution is 7.98. The number of alkyl halides is 3. The SMILES string of the molecule is CSc1ccccc1NC(=Nc1cc(-c2ccc(O)cc2F)[nH]n1)NC(=O)c1cn(C)nc1C(F)(F)F. The molecule has 192 valence electrons. The number of H-pyrrole nitrogens is 1. The van der Waals surface area contributed by atoms with Gasteiger partial charge in [0.1, 0.15) is 11.6 Å². The van der Waals surface area contributed by atoms with E-state index in [1.54, 1.807) is 24.3 Å². The number of phenolic OH excluding ortho intramolecular Hbond substituents is 1. The average Bonchev–Trinajstić information content (AvgIpc) is 3.46. The fourth-order valence-corrected chi connectivity index (χ4v) is 3.90. The molecule has 2 aromatic carbocycles. The third kappa shape index (κ3) is 5.91. The van der Waals surface area contributed by atoms with Crippen LogP contribution in [0.25, 0.3) is 11.3 Å².